The van der Waals surface area contributed by atoms with E-state index in [0.29, 0.717) is 18.1 Å². The fourth-order valence-electron chi connectivity index (χ4n) is 3.18. The first kappa shape index (κ1) is 15.5. The van der Waals surface area contributed by atoms with Crippen LogP contribution in [0, 0.1) is 5.92 Å². The Kier molecular flexibility index (Phi) is 6.06. The summed E-state index contributed by atoms with van der Waals surface area (Å²) in [4.78, 5) is 0. The summed E-state index contributed by atoms with van der Waals surface area (Å²) in [6.45, 7) is 8.65. The average Bonchev–Trinajstić information content (AvgIpc) is 2.88. The fraction of sp³-hybridized carbons (Fsp3) is 0.667. The van der Waals surface area contributed by atoms with Crippen LogP contribution < -0.4 is 5.32 Å². The van der Waals surface area contributed by atoms with E-state index in [2.05, 4.69) is 50.4 Å². The van der Waals surface area contributed by atoms with E-state index in [1.165, 1.54) is 36.8 Å². The highest BCUT2D eigenvalue weighted by atomic mass is 16.5. The van der Waals surface area contributed by atoms with Crippen molar-refractivity contribution in [3.63, 3.8) is 0 Å². The van der Waals surface area contributed by atoms with Crippen molar-refractivity contribution in [1.82, 2.24) is 5.32 Å². The van der Waals surface area contributed by atoms with Crippen molar-refractivity contribution in [2.75, 3.05) is 13.2 Å². The molecule has 2 heteroatoms. The Morgan fingerprint density at radius 3 is 2.50 bits per heavy atom. The number of benzene rings is 1. The predicted molar refractivity (Wildman–Crippen MR) is 85.0 cm³/mol. The maximum atomic E-state index is 5.77. The summed E-state index contributed by atoms with van der Waals surface area (Å²) < 4.78 is 5.77. The molecule has 1 aliphatic heterocycles. The van der Waals surface area contributed by atoms with Crippen molar-refractivity contribution in [2.24, 2.45) is 5.92 Å². The SMILES string of the molecule is CCCNC(c1ccc(CCC)cc1)C1CCOC1C. The van der Waals surface area contributed by atoms with Crippen LogP contribution in [0.4, 0.5) is 0 Å². The Hall–Kier alpha value is -0.860. The first-order valence-electron chi connectivity index (χ1n) is 8.20. The first-order chi connectivity index (χ1) is 9.76. The number of nitrogens with one attached hydrogen (secondary N) is 1. The number of hydrogen-bond donors (Lipinski definition) is 1. The molecule has 0 spiro atoms. The van der Waals surface area contributed by atoms with Crippen molar-refractivity contribution in [2.45, 2.75) is 58.6 Å². The van der Waals surface area contributed by atoms with Crippen molar-refractivity contribution >= 4 is 0 Å². The van der Waals surface area contributed by atoms with Gasteiger partial charge in [0.15, 0.2) is 0 Å². The van der Waals surface area contributed by atoms with Crippen molar-refractivity contribution in [3.05, 3.63) is 35.4 Å². The smallest absolute Gasteiger partial charge is 0.0594 e. The van der Waals surface area contributed by atoms with Crippen molar-refractivity contribution in [3.8, 4) is 0 Å². The fourth-order valence-corrected chi connectivity index (χ4v) is 3.18. The summed E-state index contributed by atoms with van der Waals surface area (Å²) in [5, 5.41) is 3.73. The van der Waals surface area contributed by atoms with Gasteiger partial charge in [-0.2, -0.15) is 0 Å². The zero-order valence-electron chi connectivity index (χ0n) is 13.2. The standard InChI is InChI=1S/C18H29NO/c1-4-6-15-7-9-16(10-8-15)18(19-12-5-2)17-11-13-20-14(17)3/h7-10,14,17-19H,4-6,11-13H2,1-3H3. The molecule has 1 saturated heterocycles. The third-order valence-corrected chi connectivity index (χ3v) is 4.35. The number of ether oxygens (including phenoxy) is 1. The van der Waals surface area contributed by atoms with Crippen LogP contribution >= 0.6 is 0 Å². The van der Waals surface area contributed by atoms with Gasteiger partial charge in [-0.3, -0.25) is 0 Å². The molecule has 20 heavy (non-hydrogen) atoms. The molecule has 1 aromatic rings. The van der Waals surface area contributed by atoms with E-state index in [-0.39, 0.29) is 0 Å². The lowest BCUT2D eigenvalue weighted by Crippen LogP contribution is -2.32. The minimum Gasteiger partial charge on any atom is -0.378 e. The van der Waals surface area contributed by atoms with Gasteiger partial charge in [0.05, 0.1) is 6.10 Å². The van der Waals surface area contributed by atoms with Gasteiger partial charge in [0.2, 0.25) is 0 Å². The second kappa shape index (κ2) is 7.80. The Balaban J connectivity index is 2.12. The summed E-state index contributed by atoms with van der Waals surface area (Å²) in [7, 11) is 0. The van der Waals surface area contributed by atoms with Crippen molar-refractivity contribution < 1.29 is 4.74 Å². The summed E-state index contributed by atoms with van der Waals surface area (Å²) in [6.07, 6.45) is 5.09. The lowest BCUT2D eigenvalue weighted by Gasteiger charge is -2.27. The van der Waals surface area contributed by atoms with Gasteiger partial charge >= 0.3 is 0 Å². The molecule has 0 radical (unpaired) electrons. The molecule has 0 amide bonds. The number of rotatable bonds is 7. The lowest BCUT2D eigenvalue weighted by molar-refractivity contribution is 0.0954. The monoisotopic (exact) mass is 275 g/mol. The molecule has 1 aromatic carbocycles. The average molecular weight is 275 g/mol. The highest BCUT2D eigenvalue weighted by Crippen LogP contribution is 2.33. The molecular weight excluding hydrogens is 246 g/mol. The molecular formula is C18H29NO. The third kappa shape index (κ3) is 3.83. The van der Waals surface area contributed by atoms with Crippen LogP contribution in [0.15, 0.2) is 24.3 Å². The molecule has 1 fully saturated rings. The summed E-state index contributed by atoms with van der Waals surface area (Å²) in [5.74, 6) is 0.596. The second-order valence-corrected chi connectivity index (χ2v) is 5.95. The van der Waals surface area contributed by atoms with Gasteiger partial charge in [-0.15, -0.1) is 0 Å². The van der Waals surface area contributed by atoms with E-state index in [1.807, 2.05) is 0 Å². The summed E-state index contributed by atoms with van der Waals surface area (Å²) in [5.41, 5.74) is 2.86. The molecule has 3 atom stereocenters. The molecule has 2 nitrogen and oxygen atoms in total. The van der Waals surface area contributed by atoms with E-state index >= 15 is 0 Å². The van der Waals surface area contributed by atoms with E-state index in [4.69, 9.17) is 4.74 Å². The second-order valence-electron chi connectivity index (χ2n) is 5.95. The Bertz CT molecular complexity index is 387. The molecule has 1 aliphatic rings. The normalized spacial score (nSPS) is 23.9. The first-order valence-corrected chi connectivity index (χ1v) is 8.20. The van der Waals surface area contributed by atoms with Crippen LogP contribution in [0.3, 0.4) is 0 Å². The minimum atomic E-state index is 0.361. The molecule has 112 valence electrons. The van der Waals surface area contributed by atoms with Gasteiger partial charge in [-0.1, -0.05) is 44.5 Å². The van der Waals surface area contributed by atoms with E-state index < -0.39 is 0 Å². The number of aryl methyl sites for hydroxylation is 1. The molecule has 0 bridgehead atoms. The maximum absolute atomic E-state index is 5.77. The Morgan fingerprint density at radius 1 is 1.20 bits per heavy atom. The lowest BCUT2D eigenvalue weighted by atomic mass is 9.87. The summed E-state index contributed by atoms with van der Waals surface area (Å²) in [6, 6.07) is 9.63. The zero-order valence-corrected chi connectivity index (χ0v) is 13.2. The summed E-state index contributed by atoms with van der Waals surface area (Å²) >= 11 is 0. The highest BCUT2D eigenvalue weighted by molar-refractivity contribution is 5.26. The molecule has 0 aliphatic carbocycles. The quantitative estimate of drug-likeness (QED) is 0.808. The molecule has 1 heterocycles. The number of hydrogen-bond acceptors (Lipinski definition) is 2. The van der Waals surface area contributed by atoms with E-state index in [1.54, 1.807) is 0 Å². The topological polar surface area (TPSA) is 21.3 Å². The van der Waals surface area contributed by atoms with Gasteiger partial charge in [-0.05, 0) is 43.9 Å². The van der Waals surface area contributed by atoms with Crippen LogP contribution in [-0.4, -0.2) is 19.3 Å². The van der Waals surface area contributed by atoms with E-state index in [9.17, 15) is 0 Å². The third-order valence-electron chi connectivity index (χ3n) is 4.35. The largest absolute Gasteiger partial charge is 0.378 e. The molecule has 0 aromatic heterocycles. The predicted octanol–water partition coefficient (Wildman–Crippen LogP) is 4.10. The van der Waals surface area contributed by atoms with Gasteiger partial charge in [0.1, 0.15) is 0 Å². The van der Waals surface area contributed by atoms with Crippen molar-refractivity contribution in [1.29, 1.82) is 0 Å². The Morgan fingerprint density at radius 2 is 1.95 bits per heavy atom. The van der Waals surface area contributed by atoms with Crippen LogP contribution in [0.5, 0.6) is 0 Å². The van der Waals surface area contributed by atoms with Crippen LogP contribution in [0.2, 0.25) is 0 Å². The van der Waals surface area contributed by atoms with Gasteiger partial charge < -0.3 is 10.1 Å². The van der Waals surface area contributed by atoms with Gasteiger partial charge in [-0.25, -0.2) is 0 Å². The van der Waals surface area contributed by atoms with E-state index in [0.717, 1.165) is 13.2 Å². The van der Waals surface area contributed by atoms with Crippen LogP contribution in [0.1, 0.15) is 57.2 Å². The highest BCUT2D eigenvalue weighted by Gasteiger charge is 2.32. The van der Waals surface area contributed by atoms with Crippen LogP contribution in [-0.2, 0) is 11.2 Å². The molecule has 1 N–H and O–H groups in total. The van der Waals surface area contributed by atoms with Gasteiger partial charge in [0.25, 0.3) is 0 Å². The zero-order chi connectivity index (χ0) is 14.4. The van der Waals surface area contributed by atoms with Crippen LogP contribution in [0.25, 0.3) is 0 Å². The maximum Gasteiger partial charge on any atom is 0.0594 e. The molecule has 3 unspecified atom stereocenters. The van der Waals surface area contributed by atoms with Gasteiger partial charge in [0, 0.05) is 18.6 Å². The minimum absolute atomic E-state index is 0.361. The Labute approximate surface area is 123 Å². The molecule has 0 saturated carbocycles. The molecule has 2 rings (SSSR count).